The van der Waals surface area contributed by atoms with Gasteiger partial charge >= 0.3 is 6.18 Å². The zero-order valence-electron chi connectivity index (χ0n) is 23.4. The first-order valence-corrected chi connectivity index (χ1v) is 16.5. The molecule has 0 radical (unpaired) electrons. The van der Waals surface area contributed by atoms with Crippen LogP contribution in [0.25, 0.3) is 10.6 Å². The third-order valence-corrected chi connectivity index (χ3v) is 10.8. The summed E-state index contributed by atoms with van der Waals surface area (Å²) in [6.07, 6.45) is 1.58. The average Bonchev–Trinajstić information content (AvgIpc) is 3.92. The first kappa shape index (κ1) is 28.0. The highest BCUT2D eigenvalue weighted by molar-refractivity contribution is 7.99. The molecule has 3 aromatic rings. The van der Waals surface area contributed by atoms with E-state index in [9.17, 15) is 18.0 Å². The summed E-state index contributed by atoms with van der Waals surface area (Å²) in [5.74, 6) is 0.733. The summed E-state index contributed by atoms with van der Waals surface area (Å²) in [5, 5.41) is 3.19. The molecule has 2 aliphatic heterocycles. The van der Waals surface area contributed by atoms with Crippen molar-refractivity contribution in [3.05, 3.63) is 46.5 Å². The molecular weight excluding hydrogens is 581 g/mol. The van der Waals surface area contributed by atoms with Crippen molar-refractivity contribution in [2.24, 2.45) is 0 Å². The first-order chi connectivity index (χ1) is 20.3. The Labute approximate surface area is 251 Å². The van der Waals surface area contributed by atoms with Crippen LogP contribution in [0.4, 0.5) is 30.5 Å². The second-order valence-corrected chi connectivity index (χ2v) is 13.6. The van der Waals surface area contributed by atoms with Crippen molar-refractivity contribution in [2.45, 2.75) is 62.2 Å². The predicted octanol–water partition coefficient (Wildman–Crippen LogP) is 6.52. The van der Waals surface area contributed by atoms with Gasteiger partial charge in [0.2, 0.25) is 5.95 Å². The van der Waals surface area contributed by atoms with Crippen LogP contribution in [0.1, 0.15) is 53.4 Å². The second kappa shape index (κ2) is 11.0. The van der Waals surface area contributed by atoms with Crippen LogP contribution in [0.3, 0.4) is 0 Å². The SMILES string of the molecule is CCc1cc(N2CCN(C3CC3)CC2)ccc1Nc1ncc(C(F)(F)F)c(-c2cc3c(s2)C(=O)N(C2CC2)CCS3)n1. The molecule has 7 nitrogen and oxygen atoms in total. The zero-order valence-corrected chi connectivity index (χ0v) is 25.0. The molecule has 12 heteroatoms. The molecule has 1 N–H and O–H groups in total. The van der Waals surface area contributed by atoms with Crippen LogP contribution in [0.2, 0.25) is 0 Å². The number of halogens is 3. The lowest BCUT2D eigenvalue weighted by atomic mass is 10.1. The van der Waals surface area contributed by atoms with Gasteiger partial charge in [0.05, 0.1) is 10.6 Å². The summed E-state index contributed by atoms with van der Waals surface area (Å²) in [5.41, 5.74) is 1.87. The lowest BCUT2D eigenvalue weighted by Gasteiger charge is -2.36. The Kier molecular flexibility index (Phi) is 7.34. The number of thioether (sulfide) groups is 1. The van der Waals surface area contributed by atoms with E-state index in [1.807, 2.05) is 11.0 Å². The van der Waals surface area contributed by atoms with Crippen molar-refractivity contribution in [2.75, 3.05) is 48.7 Å². The van der Waals surface area contributed by atoms with Gasteiger partial charge in [-0.05, 0) is 61.9 Å². The third-order valence-electron chi connectivity index (χ3n) is 8.52. The lowest BCUT2D eigenvalue weighted by Crippen LogP contribution is -2.47. The minimum atomic E-state index is -4.63. The molecule has 1 amide bonds. The molecule has 3 fully saturated rings. The van der Waals surface area contributed by atoms with Crippen molar-refractivity contribution in [3.63, 3.8) is 0 Å². The van der Waals surface area contributed by atoms with E-state index in [0.29, 0.717) is 16.3 Å². The quantitative estimate of drug-likeness (QED) is 0.325. The van der Waals surface area contributed by atoms with E-state index in [4.69, 9.17) is 0 Å². The molecule has 1 saturated heterocycles. The van der Waals surface area contributed by atoms with Crippen LogP contribution < -0.4 is 10.2 Å². The molecule has 0 atom stereocenters. The number of carbonyl (C=O) groups excluding carboxylic acids is 1. The molecular formula is C30H33F3N6OS2. The Morgan fingerprint density at radius 1 is 1.02 bits per heavy atom. The Bertz CT molecular complexity index is 1490. The molecule has 2 aliphatic carbocycles. The molecule has 1 aromatic carbocycles. The summed E-state index contributed by atoms with van der Waals surface area (Å²) in [4.78, 5) is 30.1. The van der Waals surface area contributed by atoms with Crippen LogP contribution in [0.5, 0.6) is 0 Å². The van der Waals surface area contributed by atoms with Crippen molar-refractivity contribution in [1.82, 2.24) is 19.8 Å². The van der Waals surface area contributed by atoms with E-state index >= 15 is 0 Å². The predicted molar refractivity (Wildman–Crippen MR) is 161 cm³/mol. The molecule has 2 saturated carbocycles. The standard InChI is InChI=1S/C30H33F3N6OS2/c1-2-18-15-21(38-11-9-37(10-12-38)19-3-4-19)7-8-23(18)35-29-34-17-22(30(31,32)33)26(36-29)24-16-25-27(42-24)28(40)39(13-14-41-25)20-5-6-20/h7-8,15-17,19-20H,2-6,9-14H2,1H3,(H,34,35,36). The molecule has 4 aliphatic rings. The maximum atomic E-state index is 14.1. The molecule has 222 valence electrons. The van der Waals surface area contributed by atoms with E-state index in [2.05, 4.69) is 44.1 Å². The summed E-state index contributed by atoms with van der Waals surface area (Å²) >= 11 is 2.62. The van der Waals surface area contributed by atoms with E-state index in [0.717, 1.165) is 96.6 Å². The number of aryl methyl sites for hydroxylation is 1. The highest BCUT2D eigenvalue weighted by Crippen LogP contribution is 2.44. The van der Waals surface area contributed by atoms with Gasteiger partial charge in [-0.25, -0.2) is 9.97 Å². The van der Waals surface area contributed by atoms with Crippen molar-refractivity contribution >= 4 is 46.3 Å². The number of thiophene rings is 1. The van der Waals surface area contributed by atoms with E-state index in [1.165, 1.54) is 24.6 Å². The number of anilines is 3. The van der Waals surface area contributed by atoms with Gasteiger partial charge in [-0.3, -0.25) is 9.69 Å². The van der Waals surface area contributed by atoms with E-state index < -0.39 is 11.7 Å². The zero-order chi connectivity index (χ0) is 29.0. The van der Waals surface area contributed by atoms with Gasteiger partial charge in [0.15, 0.2) is 0 Å². The van der Waals surface area contributed by atoms with Crippen molar-refractivity contribution < 1.29 is 18.0 Å². The lowest BCUT2D eigenvalue weighted by molar-refractivity contribution is -0.137. The Hall–Kier alpha value is -2.83. The number of fused-ring (bicyclic) bond motifs is 1. The number of aromatic nitrogens is 2. The smallest absolute Gasteiger partial charge is 0.369 e. The molecule has 2 aromatic heterocycles. The van der Waals surface area contributed by atoms with E-state index in [-0.39, 0.29) is 23.6 Å². The van der Waals surface area contributed by atoms with Crippen LogP contribution in [-0.4, -0.2) is 76.2 Å². The number of benzene rings is 1. The number of piperazine rings is 1. The fourth-order valence-electron chi connectivity index (χ4n) is 5.90. The molecule has 0 bridgehead atoms. The average molecular weight is 615 g/mol. The number of rotatable bonds is 7. The minimum absolute atomic E-state index is 0.0867. The number of amides is 1. The Balaban J connectivity index is 1.16. The summed E-state index contributed by atoms with van der Waals surface area (Å²) in [6.45, 7) is 6.85. The Morgan fingerprint density at radius 3 is 2.48 bits per heavy atom. The summed E-state index contributed by atoms with van der Waals surface area (Å²) in [6, 6.07) is 8.91. The maximum absolute atomic E-state index is 14.1. The van der Waals surface area contributed by atoms with E-state index in [1.54, 1.807) is 6.07 Å². The third kappa shape index (κ3) is 5.60. The number of hydrogen-bond acceptors (Lipinski definition) is 8. The largest absolute Gasteiger partial charge is 0.420 e. The van der Waals surface area contributed by atoms with Gasteiger partial charge in [-0.15, -0.1) is 23.1 Å². The number of nitrogens with zero attached hydrogens (tertiary/aromatic N) is 5. The fourth-order valence-corrected chi connectivity index (χ4v) is 8.22. The highest BCUT2D eigenvalue weighted by Gasteiger charge is 2.39. The van der Waals surface area contributed by atoms with Gasteiger partial charge < -0.3 is 15.1 Å². The monoisotopic (exact) mass is 614 g/mol. The molecule has 0 unspecified atom stereocenters. The van der Waals surface area contributed by atoms with Crippen LogP contribution in [0, 0.1) is 0 Å². The summed E-state index contributed by atoms with van der Waals surface area (Å²) in [7, 11) is 0. The van der Waals surface area contributed by atoms with Crippen LogP contribution >= 0.6 is 23.1 Å². The molecule has 4 heterocycles. The molecule has 0 spiro atoms. The van der Waals surface area contributed by atoms with Gasteiger partial charge in [0, 0.05) is 73.0 Å². The van der Waals surface area contributed by atoms with Gasteiger partial charge in [-0.2, -0.15) is 13.2 Å². The second-order valence-electron chi connectivity index (χ2n) is 11.4. The van der Waals surface area contributed by atoms with Crippen LogP contribution in [0.15, 0.2) is 35.4 Å². The number of alkyl halides is 3. The molecule has 42 heavy (non-hydrogen) atoms. The number of nitrogens with one attached hydrogen (secondary N) is 1. The van der Waals surface area contributed by atoms with Gasteiger partial charge in [-0.1, -0.05) is 6.92 Å². The minimum Gasteiger partial charge on any atom is -0.369 e. The fraction of sp³-hybridized carbons (Fsp3) is 0.500. The maximum Gasteiger partial charge on any atom is 0.420 e. The summed E-state index contributed by atoms with van der Waals surface area (Å²) < 4.78 is 42.4. The van der Waals surface area contributed by atoms with Gasteiger partial charge in [0.1, 0.15) is 10.4 Å². The normalized spacial score (nSPS) is 20.0. The Morgan fingerprint density at radius 2 is 1.79 bits per heavy atom. The van der Waals surface area contributed by atoms with Crippen molar-refractivity contribution in [1.29, 1.82) is 0 Å². The first-order valence-electron chi connectivity index (χ1n) is 14.7. The highest BCUT2D eigenvalue weighted by atomic mass is 32.2. The van der Waals surface area contributed by atoms with Crippen LogP contribution in [-0.2, 0) is 12.6 Å². The number of hydrogen-bond donors (Lipinski definition) is 1. The molecule has 7 rings (SSSR count). The van der Waals surface area contributed by atoms with Gasteiger partial charge in [0.25, 0.3) is 5.91 Å². The number of carbonyl (C=O) groups is 1. The topological polar surface area (TPSA) is 64.6 Å². The van der Waals surface area contributed by atoms with Crippen molar-refractivity contribution in [3.8, 4) is 10.6 Å².